The maximum atomic E-state index is 8.50. The lowest BCUT2D eigenvalue weighted by molar-refractivity contribution is 0.362. The zero-order chi connectivity index (χ0) is 12.5. The molecule has 3 nitrogen and oxygen atoms in total. The Morgan fingerprint density at radius 3 is 2.88 bits per heavy atom. The monoisotopic (exact) mass is 228 g/mol. The van der Waals surface area contributed by atoms with E-state index in [1.807, 2.05) is 37.3 Å². The van der Waals surface area contributed by atoms with Crippen LogP contribution in [0.1, 0.15) is 18.9 Å². The zero-order valence-electron chi connectivity index (χ0n) is 9.94. The number of nitrogens with one attached hydrogen (secondary N) is 1. The van der Waals surface area contributed by atoms with Gasteiger partial charge in [-0.2, -0.15) is 5.26 Å². The van der Waals surface area contributed by atoms with Gasteiger partial charge in [-0.25, -0.2) is 0 Å². The van der Waals surface area contributed by atoms with Gasteiger partial charge in [0.05, 0.1) is 6.04 Å². The molecule has 0 amide bonds. The van der Waals surface area contributed by atoms with Crippen molar-refractivity contribution in [3.8, 4) is 24.2 Å². The summed E-state index contributed by atoms with van der Waals surface area (Å²) in [6, 6.07) is 9.66. The van der Waals surface area contributed by atoms with Gasteiger partial charge in [-0.3, -0.25) is 5.32 Å². The van der Waals surface area contributed by atoms with Gasteiger partial charge in [0, 0.05) is 12.1 Å². The SMILES string of the molecule is C#CC(CC)NCc1ccccc1OCC#N. The molecular weight excluding hydrogens is 212 g/mol. The van der Waals surface area contributed by atoms with Crippen LogP contribution in [0.5, 0.6) is 5.75 Å². The van der Waals surface area contributed by atoms with E-state index in [9.17, 15) is 0 Å². The van der Waals surface area contributed by atoms with Crippen molar-refractivity contribution >= 4 is 0 Å². The average Bonchev–Trinajstić information content (AvgIpc) is 2.38. The fourth-order valence-electron chi connectivity index (χ4n) is 1.45. The molecule has 1 atom stereocenters. The van der Waals surface area contributed by atoms with Crippen LogP contribution in [-0.4, -0.2) is 12.6 Å². The summed E-state index contributed by atoms with van der Waals surface area (Å²) in [5.41, 5.74) is 1.01. The summed E-state index contributed by atoms with van der Waals surface area (Å²) in [4.78, 5) is 0. The van der Waals surface area contributed by atoms with Crippen LogP contribution in [0.25, 0.3) is 0 Å². The first kappa shape index (κ1) is 13.1. The fraction of sp³-hybridized carbons (Fsp3) is 0.357. The standard InChI is InChI=1S/C14H16N2O/c1-3-13(4-2)16-11-12-7-5-6-8-14(12)17-10-9-15/h1,5-8,13,16H,4,10-11H2,2H3. The number of nitrogens with zero attached hydrogens (tertiary/aromatic N) is 1. The summed E-state index contributed by atoms with van der Waals surface area (Å²) in [6.45, 7) is 2.74. The summed E-state index contributed by atoms with van der Waals surface area (Å²) in [6.07, 6.45) is 6.27. The number of hydrogen-bond donors (Lipinski definition) is 1. The molecule has 0 aliphatic carbocycles. The van der Waals surface area contributed by atoms with Crippen LogP contribution in [-0.2, 0) is 6.54 Å². The Balaban J connectivity index is 2.64. The van der Waals surface area contributed by atoms with E-state index in [4.69, 9.17) is 16.4 Å². The smallest absolute Gasteiger partial charge is 0.174 e. The molecule has 0 radical (unpaired) electrons. The van der Waals surface area contributed by atoms with E-state index in [-0.39, 0.29) is 12.6 Å². The minimum Gasteiger partial charge on any atom is -0.478 e. The Bertz CT molecular complexity index is 429. The van der Waals surface area contributed by atoms with Crippen molar-refractivity contribution in [2.45, 2.75) is 25.9 Å². The maximum Gasteiger partial charge on any atom is 0.174 e. The zero-order valence-corrected chi connectivity index (χ0v) is 9.94. The van der Waals surface area contributed by atoms with Crippen LogP contribution < -0.4 is 10.1 Å². The Morgan fingerprint density at radius 2 is 2.24 bits per heavy atom. The molecule has 0 aliphatic heterocycles. The molecular formula is C14H16N2O. The van der Waals surface area contributed by atoms with E-state index in [1.165, 1.54) is 0 Å². The molecule has 0 saturated heterocycles. The van der Waals surface area contributed by atoms with Gasteiger partial charge in [0.15, 0.2) is 6.61 Å². The van der Waals surface area contributed by atoms with Gasteiger partial charge in [0.1, 0.15) is 11.8 Å². The minimum atomic E-state index is 0.0589. The number of benzene rings is 1. The lowest BCUT2D eigenvalue weighted by atomic mass is 10.1. The van der Waals surface area contributed by atoms with Gasteiger partial charge in [-0.15, -0.1) is 6.42 Å². The van der Waals surface area contributed by atoms with Crippen molar-refractivity contribution in [2.75, 3.05) is 6.61 Å². The molecule has 0 aliphatic rings. The van der Waals surface area contributed by atoms with Crippen molar-refractivity contribution < 1.29 is 4.74 Å². The van der Waals surface area contributed by atoms with Crippen LogP contribution >= 0.6 is 0 Å². The van der Waals surface area contributed by atoms with Gasteiger partial charge in [0.25, 0.3) is 0 Å². The van der Waals surface area contributed by atoms with Crippen LogP contribution in [0.3, 0.4) is 0 Å². The van der Waals surface area contributed by atoms with E-state index >= 15 is 0 Å². The van der Waals surface area contributed by atoms with Crippen LogP contribution in [0.15, 0.2) is 24.3 Å². The lowest BCUT2D eigenvalue weighted by Gasteiger charge is -2.13. The second-order valence-electron chi connectivity index (χ2n) is 3.56. The van der Waals surface area contributed by atoms with Crippen LogP contribution in [0, 0.1) is 23.7 Å². The van der Waals surface area contributed by atoms with E-state index in [1.54, 1.807) is 0 Å². The number of rotatable bonds is 6. The molecule has 0 aromatic heterocycles. The number of para-hydroxylation sites is 1. The normalized spacial score (nSPS) is 11.2. The third-order valence-corrected chi connectivity index (χ3v) is 2.41. The van der Waals surface area contributed by atoms with Gasteiger partial charge in [-0.05, 0) is 12.5 Å². The fourth-order valence-corrected chi connectivity index (χ4v) is 1.45. The van der Waals surface area contributed by atoms with E-state index in [0.717, 1.165) is 17.7 Å². The Morgan fingerprint density at radius 1 is 1.47 bits per heavy atom. The summed E-state index contributed by atoms with van der Waals surface area (Å²) in [5.74, 6) is 3.41. The first-order valence-electron chi connectivity index (χ1n) is 5.59. The molecule has 17 heavy (non-hydrogen) atoms. The molecule has 0 saturated carbocycles. The Hall–Kier alpha value is -1.97. The maximum absolute atomic E-state index is 8.50. The number of hydrogen-bond acceptors (Lipinski definition) is 3. The van der Waals surface area contributed by atoms with E-state index < -0.39 is 0 Å². The van der Waals surface area contributed by atoms with E-state index in [2.05, 4.69) is 11.2 Å². The summed E-state index contributed by atoms with van der Waals surface area (Å²) in [7, 11) is 0. The van der Waals surface area contributed by atoms with Crippen molar-refractivity contribution in [1.29, 1.82) is 5.26 Å². The highest BCUT2D eigenvalue weighted by Gasteiger charge is 2.05. The van der Waals surface area contributed by atoms with Crippen molar-refractivity contribution in [3.63, 3.8) is 0 Å². The molecule has 0 fully saturated rings. The Labute approximate surface area is 102 Å². The third kappa shape index (κ3) is 4.18. The number of terminal acetylenes is 1. The molecule has 1 aromatic carbocycles. The predicted octanol–water partition coefficient (Wildman–Crippen LogP) is 2.09. The van der Waals surface area contributed by atoms with Crippen molar-refractivity contribution in [3.05, 3.63) is 29.8 Å². The highest BCUT2D eigenvalue weighted by molar-refractivity contribution is 5.33. The van der Waals surface area contributed by atoms with E-state index in [0.29, 0.717) is 6.54 Å². The number of ether oxygens (including phenoxy) is 1. The summed E-state index contributed by atoms with van der Waals surface area (Å²) in [5, 5.41) is 11.7. The second kappa shape index (κ2) is 7.33. The molecule has 1 unspecified atom stereocenters. The molecule has 1 rings (SSSR count). The molecule has 1 N–H and O–H groups in total. The first-order valence-corrected chi connectivity index (χ1v) is 5.59. The number of nitriles is 1. The molecule has 1 aromatic rings. The van der Waals surface area contributed by atoms with Gasteiger partial charge >= 0.3 is 0 Å². The highest BCUT2D eigenvalue weighted by Crippen LogP contribution is 2.17. The second-order valence-corrected chi connectivity index (χ2v) is 3.56. The quantitative estimate of drug-likeness (QED) is 0.758. The van der Waals surface area contributed by atoms with Crippen molar-refractivity contribution in [1.82, 2.24) is 5.32 Å². The summed E-state index contributed by atoms with van der Waals surface area (Å²) >= 11 is 0. The molecule has 0 bridgehead atoms. The molecule has 88 valence electrons. The topological polar surface area (TPSA) is 45.0 Å². The Kier molecular flexibility index (Phi) is 5.64. The average molecular weight is 228 g/mol. The van der Waals surface area contributed by atoms with Gasteiger partial charge < -0.3 is 4.74 Å². The minimum absolute atomic E-state index is 0.0589. The predicted molar refractivity (Wildman–Crippen MR) is 67.3 cm³/mol. The third-order valence-electron chi connectivity index (χ3n) is 2.41. The summed E-state index contributed by atoms with van der Waals surface area (Å²) < 4.78 is 5.33. The molecule has 0 spiro atoms. The molecule has 0 heterocycles. The van der Waals surface area contributed by atoms with Crippen LogP contribution in [0.4, 0.5) is 0 Å². The first-order chi connectivity index (χ1) is 8.31. The van der Waals surface area contributed by atoms with Crippen molar-refractivity contribution in [2.24, 2.45) is 0 Å². The molecule has 3 heteroatoms. The highest BCUT2D eigenvalue weighted by atomic mass is 16.5. The lowest BCUT2D eigenvalue weighted by Crippen LogP contribution is -2.26. The largest absolute Gasteiger partial charge is 0.478 e. The van der Waals surface area contributed by atoms with Gasteiger partial charge in [-0.1, -0.05) is 31.0 Å². The van der Waals surface area contributed by atoms with Gasteiger partial charge in [0.2, 0.25) is 0 Å². The van der Waals surface area contributed by atoms with Crippen LogP contribution in [0.2, 0.25) is 0 Å².